The Morgan fingerprint density at radius 1 is 1.00 bits per heavy atom. The van der Waals surface area contributed by atoms with E-state index >= 15 is 0 Å². The van der Waals surface area contributed by atoms with Crippen molar-refractivity contribution in [2.24, 2.45) is 0 Å². The standard InChI is InChI=1S/C21H22FNO2/c1-15(16-6-9-19(22)10-7-16)23-13-20(24)14-25-21-11-8-17-4-2-3-5-18(17)12-21/h2-12,15,20,23-24H,13-14H2,1H3. The van der Waals surface area contributed by atoms with Crippen molar-refractivity contribution in [3.63, 3.8) is 0 Å². The molecule has 2 N–H and O–H groups in total. The van der Waals surface area contributed by atoms with Crippen LogP contribution in [0.2, 0.25) is 0 Å². The number of halogens is 1. The molecule has 0 spiro atoms. The second kappa shape index (κ2) is 8.10. The van der Waals surface area contributed by atoms with Crippen molar-refractivity contribution >= 4 is 10.8 Å². The van der Waals surface area contributed by atoms with Crippen molar-refractivity contribution in [3.05, 3.63) is 78.1 Å². The molecule has 0 amide bonds. The van der Waals surface area contributed by atoms with Crippen LogP contribution in [0.25, 0.3) is 10.8 Å². The average molecular weight is 339 g/mol. The monoisotopic (exact) mass is 339 g/mol. The van der Waals surface area contributed by atoms with Crippen LogP contribution in [0.15, 0.2) is 66.7 Å². The Morgan fingerprint density at radius 2 is 1.72 bits per heavy atom. The molecule has 0 saturated heterocycles. The summed E-state index contributed by atoms with van der Waals surface area (Å²) in [5.74, 6) is 0.490. The molecular weight excluding hydrogens is 317 g/mol. The molecule has 0 aliphatic rings. The highest BCUT2D eigenvalue weighted by Gasteiger charge is 2.10. The van der Waals surface area contributed by atoms with Gasteiger partial charge in [0.25, 0.3) is 0 Å². The number of aliphatic hydroxyl groups excluding tert-OH is 1. The van der Waals surface area contributed by atoms with Gasteiger partial charge in [-0.3, -0.25) is 0 Å². The first-order valence-corrected chi connectivity index (χ1v) is 8.40. The minimum Gasteiger partial charge on any atom is -0.491 e. The third kappa shape index (κ3) is 4.78. The third-order valence-electron chi connectivity index (χ3n) is 4.19. The van der Waals surface area contributed by atoms with Crippen LogP contribution in [-0.4, -0.2) is 24.4 Å². The second-order valence-corrected chi connectivity index (χ2v) is 6.16. The van der Waals surface area contributed by atoms with E-state index in [2.05, 4.69) is 11.4 Å². The number of hydrogen-bond acceptors (Lipinski definition) is 3. The molecule has 2 unspecified atom stereocenters. The van der Waals surface area contributed by atoms with Gasteiger partial charge < -0.3 is 15.2 Å². The first-order valence-electron chi connectivity index (χ1n) is 8.40. The van der Waals surface area contributed by atoms with Crippen LogP contribution < -0.4 is 10.1 Å². The lowest BCUT2D eigenvalue weighted by molar-refractivity contribution is 0.104. The topological polar surface area (TPSA) is 41.5 Å². The van der Waals surface area contributed by atoms with Crippen LogP contribution in [0.5, 0.6) is 5.75 Å². The predicted octanol–water partition coefficient (Wildman–Crippen LogP) is 4.07. The number of aliphatic hydroxyl groups is 1. The lowest BCUT2D eigenvalue weighted by Gasteiger charge is -2.18. The molecule has 2 atom stereocenters. The van der Waals surface area contributed by atoms with Crippen molar-refractivity contribution in [2.45, 2.75) is 19.1 Å². The van der Waals surface area contributed by atoms with E-state index < -0.39 is 6.10 Å². The zero-order valence-electron chi connectivity index (χ0n) is 14.2. The minimum absolute atomic E-state index is 0.0240. The van der Waals surface area contributed by atoms with Crippen LogP contribution in [-0.2, 0) is 0 Å². The van der Waals surface area contributed by atoms with Crippen LogP contribution in [0.3, 0.4) is 0 Å². The maximum absolute atomic E-state index is 12.9. The Kier molecular flexibility index (Phi) is 5.64. The predicted molar refractivity (Wildman–Crippen MR) is 98.3 cm³/mol. The minimum atomic E-state index is -0.630. The highest BCUT2D eigenvalue weighted by Crippen LogP contribution is 2.20. The van der Waals surface area contributed by atoms with Gasteiger partial charge in [-0.25, -0.2) is 4.39 Å². The molecule has 0 heterocycles. The van der Waals surface area contributed by atoms with Crippen LogP contribution in [0.1, 0.15) is 18.5 Å². The Morgan fingerprint density at radius 3 is 2.48 bits per heavy atom. The Hall–Kier alpha value is -2.43. The number of ether oxygens (including phenoxy) is 1. The van der Waals surface area contributed by atoms with Gasteiger partial charge in [0.05, 0.1) is 0 Å². The van der Waals surface area contributed by atoms with Gasteiger partial charge in [-0.2, -0.15) is 0 Å². The fourth-order valence-corrected chi connectivity index (χ4v) is 2.69. The summed E-state index contributed by atoms with van der Waals surface area (Å²) in [4.78, 5) is 0. The third-order valence-corrected chi connectivity index (χ3v) is 4.19. The number of rotatable bonds is 7. The average Bonchev–Trinajstić information content (AvgIpc) is 2.65. The quantitative estimate of drug-likeness (QED) is 0.682. The Bertz CT molecular complexity index is 819. The summed E-state index contributed by atoms with van der Waals surface area (Å²) in [5.41, 5.74) is 0.976. The normalized spacial score (nSPS) is 13.6. The van der Waals surface area contributed by atoms with Crippen LogP contribution in [0, 0.1) is 5.82 Å². The molecule has 0 saturated carbocycles. The summed E-state index contributed by atoms with van der Waals surface area (Å²) < 4.78 is 18.6. The van der Waals surface area contributed by atoms with E-state index in [-0.39, 0.29) is 18.5 Å². The van der Waals surface area contributed by atoms with Gasteiger partial charge in [0.15, 0.2) is 0 Å². The molecule has 3 aromatic carbocycles. The number of hydrogen-bond donors (Lipinski definition) is 2. The lowest BCUT2D eigenvalue weighted by Crippen LogP contribution is -2.33. The molecule has 0 fully saturated rings. The van der Waals surface area contributed by atoms with Gasteiger partial charge in [-0.05, 0) is 47.5 Å². The van der Waals surface area contributed by atoms with Crippen LogP contribution in [0.4, 0.5) is 4.39 Å². The largest absolute Gasteiger partial charge is 0.491 e. The number of benzene rings is 3. The Balaban J connectivity index is 1.48. The van der Waals surface area contributed by atoms with Crippen molar-refractivity contribution in [3.8, 4) is 5.75 Å². The molecule has 130 valence electrons. The Labute approximate surface area is 147 Å². The SMILES string of the molecule is CC(NCC(O)COc1ccc2ccccc2c1)c1ccc(F)cc1. The molecule has 4 heteroatoms. The molecule has 0 aromatic heterocycles. The summed E-state index contributed by atoms with van der Waals surface area (Å²) >= 11 is 0. The summed E-state index contributed by atoms with van der Waals surface area (Å²) in [6.07, 6.45) is -0.630. The smallest absolute Gasteiger partial charge is 0.123 e. The molecule has 3 rings (SSSR count). The molecule has 3 nitrogen and oxygen atoms in total. The lowest BCUT2D eigenvalue weighted by atomic mass is 10.1. The zero-order valence-corrected chi connectivity index (χ0v) is 14.2. The van der Waals surface area contributed by atoms with E-state index in [1.54, 1.807) is 12.1 Å². The van der Waals surface area contributed by atoms with Gasteiger partial charge in [-0.1, -0.05) is 42.5 Å². The number of nitrogens with one attached hydrogen (secondary N) is 1. The second-order valence-electron chi connectivity index (χ2n) is 6.16. The van der Waals surface area contributed by atoms with Crippen molar-refractivity contribution in [1.29, 1.82) is 0 Å². The molecule has 0 aliphatic carbocycles. The maximum atomic E-state index is 12.9. The maximum Gasteiger partial charge on any atom is 0.123 e. The van der Waals surface area contributed by atoms with E-state index in [0.29, 0.717) is 6.54 Å². The molecule has 3 aromatic rings. The van der Waals surface area contributed by atoms with Crippen molar-refractivity contribution in [1.82, 2.24) is 5.32 Å². The summed E-state index contributed by atoms with van der Waals surface area (Å²) in [7, 11) is 0. The van der Waals surface area contributed by atoms with E-state index in [9.17, 15) is 9.50 Å². The van der Waals surface area contributed by atoms with E-state index in [4.69, 9.17) is 4.74 Å². The molecule has 0 radical (unpaired) electrons. The fourth-order valence-electron chi connectivity index (χ4n) is 2.69. The fraction of sp³-hybridized carbons (Fsp3) is 0.238. The molecule has 25 heavy (non-hydrogen) atoms. The highest BCUT2D eigenvalue weighted by atomic mass is 19.1. The van der Waals surface area contributed by atoms with Gasteiger partial charge >= 0.3 is 0 Å². The van der Waals surface area contributed by atoms with Gasteiger partial charge in [0.1, 0.15) is 24.3 Å². The van der Waals surface area contributed by atoms with E-state index in [1.807, 2.05) is 43.3 Å². The summed E-state index contributed by atoms with van der Waals surface area (Å²) in [5, 5.41) is 15.6. The van der Waals surface area contributed by atoms with E-state index in [0.717, 1.165) is 22.1 Å². The zero-order chi connectivity index (χ0) is 17.6. The van der Waals surface area contributed by atoms with Crippen molar-refractivity contribution < 1.29 is 14.2 Å². The van der Waals surface area contributed by atoms with Crippen LogP contribution >= 0.6 is 0 Å². The summed E-state index contributed by atoms with van der Waals surface area (Å²) in [6, 6.07) is 20.3. The molecule has 0 aliphatic heterocycles. The van der Waals surface area contributed by atoms with Gasteiger partial charge in [0, 0.05) is 12.6 Å². The first kappa shape index (κ1) is 17.4. The van der Waals surface area contributed by atoms with Crippen molar-refractivity contribution in [2.75, 3.05) is 13.2 Å². The first-order chi connectivity index (χ1) is 12.1. The van der Waals surface area contributed by atoms with Gasteiger partial charge in [0.2, 0.25) is 0 Å². The molecule has 0 bridgehead atoms. The summed E-state index contributed by atoms with van der Waals surface area (Å²) in [6.45, 7) is 2.58. The number of fused-ring (bicyclic) bond motifs is 1. The van der Waals surface area contributed by atoms with E-state index in [1.165, 1.54) is 12.1 Å². The highest BCUT2D eigenvalue weighted by molar-refractivity contribution is 5.83. The van der Waals surface area contributed by atoms with Gasteiger partial charge in [-0.15, -0.1) is 0 Å². The molecular formula is C21H22FNO2.